The maximum Gasteiger partial charge on any atom is 0.342 e. The van der Waals surface area contributed by atoms with Gasteiger partial charge in [-0.15, -0.1) is 0 Å². The van der Waals surface area contributed by atoms with Gasteiger partial charge in [-0.1, -0.05) is 140 Å². The van der Waals surface area contributed by atoms with Crippen molar-refractivity contribution in [2.75, 3.05) is 0 Å². The Morgan fingerprint density at radius 2 is 1.34 bits per heavy atom. The summed E-state index contributed by atoms with van der Waals surface area (Å²) in [7, 11) is -4.41. The lowest BCUT2D eigenvalue weighted by atomic mass is 9.93. The molecule has 0 saturated carbocycles. The number of aliphatic hydroxyl groups excluding tert-OH is 1. The third kappa shape index (κ3) is 19.3. The zero-order valence-corrected chi connectivity index (χ0v) is 48.6. The van der Waals surface area contributed by atoms with Crippen molar-refractivity contribution < 1.29 is 47.7 Å². The van der Waals surface area contributed by atoms with Crippen molar-refractivity contribution in [2.45, 2.75) is 167 Å². The van der Waals surface area contributed by atoms with E-state index in [-0.39, 0.29) is 58.6 Å². The number of carbonyl (C=O) groups excluding carboxylic acids is 4. The SMILES string of the molecule is C[C@H]1C/C=C/Cc2cccc(O)c2C(=O)O[C@@H](C/C=C/NC(=O)C#Cc2ccccc2)C[C@H]1O.C[C@H]1C/C=C/Cc2cccc(O[Si](C)(C)C(C)(C)C)c2C(=O)O[C@@H](C/C=C/C(=O)N=[N+]=[N-])C[C@H]1O[Si](C)(C)C(C)(C)C. The number of phenolic OH excluding ortho intramolecular Hbond substituents is 1. The lowest BCUT2D eigenvalue weighted by Crippen LogP contribution is -2.46. The lowest BCUT2D eigenvalue weighted by Gasteiger charge is -2.41. The Kier molecular flexibility index (Phi) is 23.4. The second-order valence-corrected chi connectivity index (χ2v) is 32.1. The highest BCUT2D eigenvalue weighted by molar-refractivity contribution is 6.75. The third-order valence-electron chi connectivity index (χ3n) is 14.6. The first-order valence-corrected chi connectivity index (χ1v) is 32.0. The van der Waals surface area contributed by atoms with E-state index in [0.717, 1.165) is 17.5 Å². The van der Waals surface area contributed by atoms with Gasteiger partial charge in [0.1, 0.15) is 34.8 Å². The van der Waals surface area contributed by atoms with E-state index in [1.807, 2.05) is 67.6 Å². The molecule has 2 aliphatic rings. The van der Waals surface area contributed by atoms with Gasteiger partial charge >= 0.3 is 11.9 Å². The molecule has 0 aromatic heterocycles. The second-order valence-electron chi connectivity index (χ2n) is 22.6. The lowest BCUT2D eigenvalue weighted by molar-refractivity contribution is -0.115. The molecule has 0 unspecified atom stereocenters. The monoisotopic (exact) mass is 1070 g/mol. The summed E-state index contributed by atoms with van der Waals surface area (Å²) in [5.74, 6) is 3.61. The van der Waals surface area contributed by atoms with Gasteiger partial charge < -0.3 is 33.9 Å². The Hall–Kier alpha value is -6.48. The molecule has 16 heteroatoms. The molecule has 0 spiro atoms. The normalized spacial score (nSPS) is 21.8. The second kappa shape index (κ2) is 28.6. The van der Waals surface area contributed by atoms with E-state index in [9.17, 15) is 29.4 Å². The molecule has 0 bridgehead atoms. The average Bonchev–Trinajstić information content (AvgIpc) is 3.33. The fourth-order valence-corrected chi connectivity index (χ4v) is 10.3. The molecule has 0 aliphatic carbocycles. The van der Waals surface area contributed by atoms with Crippen LogP contribution in [0.25, 0.3) is 10.4 Å². The van der Waals surface area contributed by atoms with E-state index >= 15 is 0 Å². The van der Waals surface area contributed by atoms with Crippen molar-refractivity contribution in [3.8, 4) is 23.3 Å². The number of nitrogens with one attached hydrogen (secondary N) is 1. The number of amides is 2. The van der Waals surface area contributed by atoms with Gasteiger partial charge in [0.05, 0.1) is 12.2 Å². The number of ether oxygens (including phenoxy) is 2. The summed E-state index contributed by atoms with van der Waals surface area (Å²) >= 11 is 0. The van der Waals surface area contributed by atoms with Gasteiger partial charge in [-0.25, -0.2) is 9.59 Å². The largest absolute Gasteiger partial charge is 0.543 e. The van der Waals surface area contributed by atoms with E-state index in [1.165, 1.54) is 18.3 Å². The zero-order chi connectivity index (χ0) is 56.3. The van der Waals surface area contributed by atoms with Crippen molar-refractivity contribution in [3.63, 3.8) is 0 Å². The number of esters is 2. The number of cyclic esters (lactones) is 2. The molecule has 2 aliphatic heterocycles. The van der Waals surface area contributed by atoms with Crippen molar-refractivity contribution >= 4 is 40.4 Å². The van der Waals surface area contributed by atoms with Gasteiger partial charge in [0.2, 0.25) is 5.91 Å². The molecular formula is C60H80N4O10Si2. The first-order chi connectivity index (χ1) is 35.7. The Morgan fingerprint density at radius 3 is 1.96 bits per heavy atom. The first-order valence-electron chi connectivity index (χ1n) is 26.2. The van der Waals surface area contributed by atoms with Gasteiger partial charge in [0.25, 0.3) is 14.2 Å². The minimum Gasteiger partial charge on any atom is -0.543 e. The number of phenols is 1. The number of carbonyl (C=O) groups is 4. The summed E-state index contributed by atoms with van der Waals surface area (Å²) in [4.78, 5) is 53.3. The summed E-state index contributed by atoms with van der Waals surface area (Å²) in [6.07, 6.45) is 15.9. The molecule has 3 aromatic rings. The van der Waals surface area contributed by atoms with Crippen LogP contribution in [0.3, 0.4) is 0 Å². The fraction of sp³-hybridized carbons (Fsp3) is 0.467. The minimum atomic E-state index is -2.26. The molecule has 3 aromatic carbocycles. The fourth-order valence-electron chi connectivity index (χ4n) is 7.79. The topological polar surface area (TPSA) is 206 Å². The molecule has 2 amide bonds. The van der Waals surface area contributed by atoms with Crippen molar-refractivity contribution in [1.82, 2.24) is 5.32 Å². The number of aliphatic hydroxyl groups is 1. The molecule has 0 radical (unpaired) electrons. The van der Waals surface area contributed by atoms with Crippen LogP contribution in [-0.2, 0) is 36.3 Å². The van der Waals surface area contributed by atoms with Crippen LogP contribution >= 0.6 is 0 Å². The predicted molar refractivity (Wildman–Crippen MR) is 304 cm³/mol. The van der Waals surface area contributed by atoms with Gasteiger partial charge in [-0.2, -0.15) is 0 Å². The highest BCUT2D eigenvalue weighted by Crippen LogP contribution is 2.41. The highest BCUT2D eigenvalue weighted by Gasteiger charge is 2.42. The number of hydrogen-bond acceptors (Lipinski definition) is 10. The van der Waals surface area contributed by atoms with E-state index in [4.69, 9.17) is 23.9 Å². The van der Waals surface area contributed by atoms with Crippen LogP contribution in [0.4, 0.5) is 0 Å². The molecule has 0 fully saturated rings. The molecular weight excluding hydrogens is 993 g/mol. The van der Waals surface area contributed by atoms with E-state index in [2.05, 4.69) is 114 Å². The number of fused-ring (bicyclic) bond motifs is 2. The molecule has 0 saturated heterocycles. The van der Waals surface area contributed by atoms with Crippen LogP contribution < -0.4 is 9.74 Å². The molecule has 2 heterocycles. The molecule has 14 nitrogen and oxygen atoms in total. The van der Waals surface area contributed by atoms with Crippen molar-refractivity contribution in [3.05, 3.63) is 154 Å². The Morgan fingerprint density at radius 1 is 0.776 bits per heavy atom. The van der Waals surface area contributed by atoms with Crippen LogP contribution in [0.5, 0.6) is 11.5 Å². The number of nitrogens with zero attached hydrogens (tertiary/aromatic N) is 3. The molecule has 76 heavy (non-hydrogen) atoms. The number of aromatic hydroxyl groups is 1. The zero-order valence-electron chi connectivity index (χ0n) is 46.6. The Balaban J connectivity index is 0.000000335. The quantitative estimate of drug-likeness (QED) is 0.0256. The third-order valence-corrected chi connectivity index (χ3v) is 23.4. The van der Waals surface area contributed by atoms with Crippen LogP contribution in [0.15, 0.2) is 121 Å². The minimum absolute atomic E-state index is 0.00890. The van der Waals surface area contributed by atoms with Gasteiger partial charge in [0, 0.05) is 48.3 Å². The number of rotatable bonds is 10. The smallest absolute Gasteiger partial charge is 0.342 e. The molecule has 408 valence electrons. The van der Waals surface area contributed by atoms with E-state index in [1.54, 1.807) is 24.3 Å². The summed E-state index contributed by atoms with van der Waals surface area (Å²) in [6, 6.07) is 19.8. The van der Waals surface area contributed by atoms with Crippen molar-refractivity contribution in [1.29, 1.82) is 0 Å². The van der Waals surface area contributed by atoms with Crippen molar-refractivity contribution in [2.24, 2.45) is 17.0 Å². The summed E-state index contributed by atoms with van der Waals surface area (Å²) < 4.78 is 25.5. The van der Waals surface area contributed by atoms with Gasteiger partial charge in [-0.3, -0.25) is 9.59 Å². The standard InChI is InChI=1S/C32H51N3O5Si2.C28H29NO5/c1-23-16-12-13-17-24-18-14-20-26(39-41(8,9)31(2,3)4)29(24)30(37)38-25(19-15-21-28(36)34-35-33)22-27(23)40-42(10,11)32(5,6)7;1-20-9-5-6-12-22-13-7-15-24(30)27(22)28(33)34-23(19-25(20)31)14-8-18-29-26(32)17-16-21-10-3-2-4-11-21/h12-15,18,20-21,23,25,27H,16-17,19,22H2,1-11H3;2-8,10-11,13,15,18,20,23,25,30-31H,9,12,14,19H2,1H3,(H,29,32)/b13-12+,21-15+;6-5+,18-8+/t23-,25-,27+;20-,23-,25+/m00/s1. The number of allylic oxidation sites excluding steroid dienone is 4. The Labute approximate surface area is 452 Å². The average molecular weight is 1070 g/mol. The molecule has 3 N–H and O–H groups in total. The van der Waals surface area contributed by atoms with Crippen LogP contribution in [-0.4, -0.2) is 75.0 Å². The van der Waals surface area contributed by atoms with Crippen LogP contribution in [0.1, 0.15) is 131 Å². The van der Waals surface area contributed by atoms with Gasteiger partial charge in [0.15, 0.2) is 8.32 Å². The number of azide groups is 1. The highest BCUT2D eigenvalue weighted by atomic mass is 28.4. The summed E-state index contributed by atoms with van der Waals surface area (Å²) in [6.45, 7) is 26.0. The van der Waals surface area contributed by atoms with E-state index in [0.29, 0.717) is 42.6 Å². The number of hydrogen-bond donors (Lipinski definition) is 3. The van der Waals surface area contributed by atoms with Crippen LogP contribution in [0, 0.1) is 23.7 Å². The predicted octanol–water partition coefficient (Wildman–Crippen LogP) is 13.2. The molecule has 6 atom stereocenters. The van der Waals surface area contributed by atoms with Crippen LogP contribution in [0.2, 0.25) is 36.3 Å². The maximum atomic E-state index is 14.0. The first kappa shape index (κ1) is 62.1. The van der Waals surface area contributed by atoms with E-state index < -0.39 is 58.7 Å². The Bertz CT molecular complexity index is 2700. The maximum absolute atomic E-state index is 14.0. The van der Waals surface area contributed by atoms with Gasteiger partial charge in [-0.05, 0) is 126 Å². The number of benzene rings is 3. The summed E-state index contributed by atoms with van der Waals surface area (Å²) in [5, 5.41) is 26.5. The molecule has 5 rings (SSSR count). The summed E-state index contributed by atoms with van der Waals surface area (Å²) in [5.41, 5.74) is 11.4.